The van der Waals surface area contributed by atoms with Crippen molar-refractivity contribution in [3.8, 4) is 6.07 Å². The predicted octanol–water partition coefficient (Wildman–Crippen LogP) is 3.16. The zero-order chi connectivity index (χ0) is 11.5. The van der Waals surface area contributed by atoms with E-state index in [4.69, 9.17) is 5.26 Å². The largest absolute Gasteiger partial charge is 0.384 e. The van der Waals surface area contributed by atoms with Crippen LogP contribution in [0.3, 0.4) is 0 Å². The molecule has 1 atom stereocenters. The fourth-order valence-corrected chi connectivity index (χ4v) is 1.87. The maximum atomic E-state index is 12.9. The average molecular weight is 218 g/mol. The molecule has 0 heterocycles. The molecule has 1 N–H and O–H groups in total. The van der Waals surface area contributed by atoms with Gasteiger partial charge in [0.25, 0.3) is 0 Å². The van der Waals surface area contributed by atoms with Gasteiger partial charge in [0, 0.05) is 6.54 Å². The third-order valence-corrected chi connectivity index (χ3v) is 3.14. The number of hydrogen-bond acceptors (Lipinski definition) is 2. The lowest BCUT2D eigenvalue weighted by Crippen LogP contribution is -2.13. The van der Waals surface area contributed by atoms with E-state index in [1.54, 1.807) is 6.07 Å². The summed E-state index contributed by atoms with van der Waals surface area (Å²) in [5.41, 5.74) is 1.11. The van der Waals surface area contributed by atoms with Gasteiger partial charge in [-0.05, 0) is 42.9 Å². The fraction of sp³-hybridized carbons (Fsp3) is 0.462. The number of anilines is 1. The summed E-state index contributed by atoms with van der Waals surface area (Å²) < 4.78 is 12.9. The van der Waals surface area contributed by atoms with Gasteiger partial charge in [-0.3, -0.25) is 0 Å². The number of nitrogens with one attached hydrogen (secondary N) is 1. The van der Waals surface area contributed by atoms with Crippen molar-refractivity contribution in [1.82, 2.24) is 0 Å². The van der Waals surface area contributed by atoms with Gasteiger partial charge in [-0.15, -0.1) is 0 Å². The van der Waals surface area contributed by atoms with Gasteiger partial charge < -0.3 is 5.32 Å². The maximum absolute atomic E-state index is 12.9. The van der Waals surface area contributed by atoms with E-state index in [1.165, 1.54) is 25.0 Å². The minimum Gasteiger partial charge on any atom is -0.384 e. The quantitative estimate of drug-likeness (QED) is 0.842. The van der Waals surface area contributed by atoms with Gasteiger partial charge in [0.2, 0.25) is 0 Å². The standard InChI is InChI=1S/C13H15FN2/c1-9(10-2-3-10)8-16-13-5-4-12(14)6-11(13)7-15/h4-6,9-10,16H,2-3,8H2,1H3. The Morgan fingerprint density at radius 3 is 2.94 bits per heavy atom. The summed E-state index contributed by atoms with van der Waals surface area (Å²) in [6, 6.07) is 6.28. The normalized spacial score (nSPS) is 16.6. The molecule has 0 bridgehead atoms. The van der Waals surface area contributed by atoms with Crippen molar-refractivity contribution in [3.63, 3.8) is 0 Å². The van der Waals surface area contributed by atoms with Crippen molar-refractivity contribution in [2.75, 3.05) is 11.9 Å². The second-order valence-corrected chi connectivity index (χ2v) is 4.50. The summed E-state index contributed by atoms with van der Waals surface area (Å²) in [5.74, 6) is 1.09. The number of hydrogen-bond donors (Lipinski definition) is 1. The van der Waals surface area contributed by atoms with Crippen LogP contribution in [0.25, 0.3) is 0 Å². The Labute approximate surface area is 95.1 Å². The van der Waals surface area contributed by atoms with Crippen LogP contribution in [0.5, 0.6) is 0 Å². The minimum atomic E-state index is -0.364. The van der Waals surface area contributed by atoms with Crippen molar-refractivity contribution in [2.24, 2.45) is 11.8 Å². The molecule has 1 fully saturated rings. The van der Waals surface area contributed by atoms with Gasteiger partial charge in [0.05, 0.1) is 11.3 Å². The second-order valence-electron chi connectivity index (χ2n) is 4.50. The summed E-state index contributed by atoms with van der Waals surface area (Å²) in [4.78, 5) is 0. The van der Waals surface area contributed by atoms with Crippen LogP contribution < -0.4 is 5.32 Å². The Morgan fingerprint density at radius 1 is 1.56 bits per heavy atom. The molecular weight excluding hydrogens is 203 g/mol. The molecule has 3 heteroatoms. The molecule has 1 saturated carbocycles. The highest BCUT2D eigenvalue weighted by molar-refractivity contribution is 5.57. The average Bonchev–Trinajstić information content (AvgIpc) is 3.10. The van der Waals surface area contributed by atoms with E-state index >= 15 is 0 Å². The molecule has 1 aromatic carbocycles. The number of nitrogens with zero attached hydrogens (tertiary/aromatic N) is 1. The molecule has 1 unspecified atom stereocenters. The zero-order valence-corrected chi connectivity index (χ0v) is 9.33. The van der Waals surface area contributed by atoms with Crippen LogP contribution >= 0.6 is 0 Å². The van der Waals surface area contributed by atoms with Gasteiger partial charge in [0.15, 0.2) is 0 Å². The Balaban J connectivity index is 2.00. The summed E-state index contributed by atoms with van der Waals surface area (Å²) in [5, 5.41) is 12.1. The number of rotatable bonds is 4. The molecule has 16 heavy (non-hydrogen) atoms. The lowest BCUT2D eigenvalue weighted by atomic mass is 10.1. The molecular formula is C13H15FN2. The predicted molar refractivity (Wildman–Crippen MR) is 61.5 cm³/mol. The van der Waals surface area contributed by atoms with Crippen LogP contribution in [0.4, 0.5) is 10.1 Å². The van der Waals surface area contributed by atoms with Gasteiger partial charge in [-0.25, -0.2) is 4.39 Å². The Morgan fingerprint density at radius 2 is 2.31 bits per heavy atom. The molecule has 2 rings (SSSR count). The van der Waals surface area contributed by atoms with E-state index in [9.17, 15) is 4.39 Å². The lowest BCUT2D eigenvalue weighted by Gasteiger charge is -2.13. The van der Waals surface area contributed by atoms with Gasteiger partial charge >= 0.3 is 0 Å². The topological polar surface area (TPSA) is 35.8 Å². The van der Waals surface area contributed by atoms with E-state index in [0.717, 1.165) is 18.2 Å². The first-order valence-electron chi connectivity index (χ1n) is 5.64. The van der Waals surface area contributed by atoms with Crippen LogP contribution in [0.2, 0.25) is 0 Å². The first kappa shape index (κ1) is 10.9. The van der Waals surface area contributed by atoms with Crippen LogP contribution in [0, 0.1) is 29.0 Å². The molecule has 84 valence electrons. The molecule has 0 saturated heterocycles. The highest BCUT2D eigenvalue weighted by Crippen LogP contribution is 2.36. The molecule has 0 spiro atoms. The molecule has 0 aromatic heterocycles. The van der Waals surface area contributed by atoms with Gasteiger partial charge in [-0.1, -0.05) is 6.92 Å². The minimum absolute atomic E-state index is 0.364. The van der Waals surface area contributed by atoms with Crippen molar-refractivity contribution >= 4 is 5.69 Å². The van der Waals surface area contributed by atoms with Crippen molar-refractivity contribution in [3.05, 3.63) is 29.6 Å². The summed E-state index contributed by atoms with van der Waals surface area (Å²) >= 11 is 0. The summed E-state index contributed by atoms with van der Waals surface area (Å²) in [7, 11) is 0. The molecule has 0 aliphatic heterocycles. The lowest BCUT2D eigenvalue weighted by molar-refractivity contribution is 0.536. The number of benzene rings is 1. The van der Waals surface area contributed by atoms with Crippen molar-refractivity contribution in [2.45, 2.75) is 19.8 Å². The maximum Gasteiger partial charge on any atom is 0.124 e. The van der Waals surface area contributed by atoms with E-state index < -0.39 is 0 Å². The first-order chi connectivity index (χ1) is 7.70. The van der Waals surface area contributed by atoms with Crippen LogP contribution in [0.15, 0.2) is 18.2 Å². The van der Waals surface area contributed by atoms with E-state index in [1.807, 2.05) is 6.07 Å². The molecule has 1 aliphatic rings. The SMILES string of the molecule is CC(CNc1ccc(F)cc1C#N)C1CC1. The molecule has 1 aliphatic carbocycles. The highest BCUT2D eigenvalue weighted by atomic mass is 19.1. The van der Waals surface area contributed by atoms with Crippen LogP contribution in [-0.4, -0.2) is 6.54 Å². The smallest absolute Gasteiger partial charge is 0.124 e. The van der Waals surface area contributed by atoms with Crippen LogP contribution in [-0.2, 0) is 0 Å². The molecule has 0 radical (unpaired) electrons. The third kappa shape index (κ3) is 2.52. The van der Waals surface area contributed by atoms with Crippen molar-refractivity contribution in [1.29, 1.82) is 5.26 Å². The number of halogens is 1. The van der Waals surface area contributed by atoms with Crippen LogP contribution in [0.1, 0.15) is 25.3 Å². The molecule has 2 nitrogen and oxygen atoms in total. The Kier molecular flexibility index (Phi) is 3.09. The Bertz CT molecular complexity index is 418. The van der Waals surface area contributed by atoms with Gasteiger partial charge in [-0.2, -0.15) is 5.26 Å². The molecule has 0 amide bonds. The van der Waals surface area contributed by atoms with Gasteiger partial charge in [0.1, 0.15) is 11.9 Å². The number of nitriles is 1. The second kappa shape index (κ2) is 4.52. The third-order valence-electron chi connectivity index (χ3n) is 3.14. The van der Waals surface area contributed by atoms with E-state index in [0.29, 0.717) is 11.5 Å². The summed E-state index contributed by atoms with van der Waals surface area (Å²) in [6.45, 7) is 3.06. The monoisotopic (exact) mass is 218 g/mol. The first-order valence-corrected chi connectivity index (χ1v) is 5.64. The fourth-order valence-electron chi connectivity index (χ4n) is 1.87. The molecule has 1 aromatic rings. The van der Waals surface area contributed by atoms with Crippen molar-refractivity contribution < 1.29 is 4.39 Å². The summed E-state index contributed by atoms with van der Waals surface area (Å²) in [6.07, 6.45) is 2.63. The highest BCUT2D eigenvalue weighted by Gasteiger charge is 2.27. The van der Waals surface area contributed by atoms with E-state index in [2.05, 4.69) is 12.2 Å². The zero-order valence-electron chi connectivity index (χ0n) is 9.33. The van der Waals surface area contributed by atoms with E-state index in [-0.39, 0.29) is 5.82 Å². The Hall–Kier alpha value is -1.56.